The van der Waals surface area contributed by atoms with Gasteiger partial charge in [0.05, 0.1) is 17.0 Å². The molecule has 3 nitrogen and oxygen atoms in total. The molecule has 0 bridgehead atoms. The average molecular weight is 264 g/mol. The highest BCUT2D eigenvalue weighted by Gasteiger charge is 2.27. The van der Waals surface area contributed by atoms with E-state index in [2.05, 4.69) is 42.2 Å². The molecule has 0 spiro atoms. The molecule has 0 radical (unpaired) electrons. The largest absolute Gasteiger partial charge is 0.492 e. The summed E-state index contributed by atoms with van der Waals surface area (Å²) < 4.78 is 5.75. The number of ether oxygens (including phenoxy) is 1. The highest BCUT2D eigenvalue weighted by atomic mass is 16.5. The Bertz CT molecular complexity index is 776. The van der Waals surface area contributed by atoms with Gasteiger partial charge < -0.3 is 9.72 Å². The van der Waals surface area contributed by atoms with Crippen molar-refractivity contribution in [2.75, 3.05) is 6.61 Å². The molecular weight excluding hydrogens is 248 g/mol. The highest BCUT2D eigenvalue weighted by Crippen LogP contribution is 2.37. The van der Waals surface area contributed by atoms with Gasteiger partial charge in [-0.05, 0) is 30.2 Å². The molecule has 0 saturated carbocycles. The third-order valence-electron chi connectivity index (χ3n) is 4.00. The molecule has 3 heteroatoms. The molecule has 1 aliphatic heterocycles. The maximum atomic E-state index is 5.75. The first-order valence-electron chi connectivity index (χ1n) is 7.05. The van der Waals surface area contributed by atoms with E-state index in [-0.39, 0.29) is 5.92 Å². The normalized spacial score (nSPS) is 17.1. The smallest absolute Gasteiger partial charge is 0.123 e. The Morgan fingerprint density at radius 1 is 1.25 bits per heavy atom. The second-order valence-corrected chi connectivity index (χ2v) is 5.23. The lowest BCUT2D eigenvalue weighted by atomic mass is 10.0. The number of aryl methyl sites for hydroxylation is 1. The van der Waals surface area contributed by atoms with Crippen LogP contribution in [0.5, 0.6) is 5.75 Å². The van der Waals surface area contributed by atoms with E-state index in [1.807, 2.05) is 12.1 Å². The molecule has 2 heterocycles. The van der Waals surface area contributed by atoms with E-state index in [4.69, 9.17) is 9.72 Å². The maximum absolute atomic E-state index is 5.75. The van der Waals surface area contributed by atoms with E-state index in [9.17, 15) is 0 Å². The lowest BCUT2D eigenvalue weighted by Crippen LogP contribution is -2.04. The SMILES string of the molecule is CCc1ccc2nc(C3COc4ccccc43)[nH]c2c1. The molecule has 20 heavy (non-hydrogen) atoms. The number of nitrogens with zero attached hydrogens (tertiary/aromatic N) is 1. The van der Waals surface area contributed by atoms with Gasteiger partial charge in [0.2, 0.25) is 0 Å². The first-order valence-corrected chi connectivity index (χ1v) is 7.05. The first kappa shape index (κ1) is 11.5. The number of benzene rings is 2. The topological polar surface area (TPSA) is 37.9 Å². The molecule has 100 valence electrons. The van der Waals surface area contributed by atoms with Crippen molar-refractivity contribution in [1.29, 1.82) is 0 Å². The van der Waals surface area contributed by atoms with Gasteiger partial charge in [-0.25, -0.2) is 4.98 Å². The van der Waals surface area contributed by atoms with Crippen LogP contribution < -0.4 is 4.74 Å². The quantitative estimate of drug-likeness (QED) is 0.767. The standard InChI is InChI=1S/C17H16N2O/c1-2-11-7-8-14-15(9-11)19-17(18-14)13-10-20-16-6-4-3-5-12(13)16/h3-9,13H,2,10H2,1H3,(H,18,19). The molecule has 2 aromatic carbocycles. The Morgan fingerprint density at radius 3 is 3.05 bits per heavy atom. The number of nitrogens with one attached hydrogen (secondary N) is 1. The number of fused-ring (bicyclic) bond motifs is 2. The summed E-state index contributed by atoms with van der Waals surface area (Å²) in [4.78, 5) is 8.20. The van der Waals surface area contributed by atoms with E-state index in [1.54, 1.807) is 0 Å². The van der Waals surface area contributed by atoms with Crippen LogP contribution in [0.3, 0.4) is 0 Å². The monoisotopic (exact) mass is 264 g/mol. The van der Waals surface area contributed by atoms with Crippen LogP contribution in [0.15, 0.2) is 42.5 Å². The third kappa shape index (κ3) is 1.70. The number of rotatable bonds is 2. The van der Waals surface area contributed by atoms with E-state index in [0.717, 1.165) is 29.0 Å². The van der Waals surface area contributed by atoms with Crippen LogP contribution >= 0.6 is 0 Å². The summed E-state index contributed by atoms with van der Waals surface area (Å²) in [5.41, 5.74) is 4.70. The van der Waals surface area contributed by atoms with Gasteiger partial charge in [-0.1, -0.05) is 31.2 Å². The van der Waals surface area contributed by atoms with E-state index < -0.39 is 0 Å². The summed E-state index contributed by atoms with van der Waals surface area (Å²) in [7, 11) is 0. The predicted octanol–water partition coefficient (Wildman–Crippen LogP) is 3.65. The summed E-state index contributed by atoms with van der Waals surface area (Å²) in [6.45, 7) is 2.83. The lowest BCUT2D eigenvalue weighted by molar-refractivity contribution is 0.340. The van der Waals surface area contributed by atoms with Crippen LogP contribution in [0.25, 0.3) is 11.0 Å². The fourth-order valence-electron chi connectivity index (χ4n) is 2.85. The van der Waals surface area contributed by atoms with Crippen LogP contribution in [0.4, 0.5) is 0 Å². The van der Waals surface area contributed by atoms with Crippen molar-refractivity contribution >= 4 is 11.0 Å². The van der Waals surface area contributed by atoms with Crippen LogP contribution in [0.2, 0.25) is 0 Å². The molecule has 1 unspecified atom stereocenters. The highest BCUT2D eigenvalue weighted by molar-refractivity contribution is 5.76. The van der Waals surface area contributed by atoms with Gasteiger partial charge in [-0.3, -0.25) is 0 Å². The van der Waals surface area contributed by atoms with E-state index >= 15 is 0 Å². The molecule has 4 rings (SSSR count). The van der Waals surface area contributed by atoms with E-state index in [1.165, 1.54) is 11.1 Å². The van der Waals surface area contributed by atoms with Crippen molar-refractivity contribution < 1.29 is 4.74 Å². The van der Waals surface area contributed by atoms with Gasteiger partial charge >= 0.3 is 0 Å². The van der Waals surface area contributed by atoms with Gasteiger partial charge in [-0.2, -0.15) is 0 Å². The zero-order valence-electron chi connectivity index (χ0n) is 11.4. The van der Waals surface area contributed by atoms with Gasteiger partial charge in [0, 0.05) is 5.56 Å². The first-order chi connectivity index (χ1) is 9.85. The summed E-state index contributed by atoms with van der Waals surface area (Å²) in [5.74, 6) is 2.19. The maximum Gasteiger partial charge on any atom is 0.123 e. The Morgan fingerprint density at radius 2 is 2.15 bits per heavy atom. The molecule has 0 aliphatic carbocycles. The van der Waals surface area contributed by atoms with Crippen molar-refractivity contribution in [3.05, 3.63) is 59.4 Å². The molecule has 1 aromatic heterocycles. The van der Waals surface area contributed by atoms with Crippen LogP contribution in [0, 0.1) is 0 Å². The number of para-hydroxylation sites is 1. The van der Waals surface area contributed by atoms with Crippen LogP contribution in [0.1, 0.15) is 29.8 Å². The predicted molar refractivity (Wildman–Crippen MR) is 79.3 cm³/mol. The number of hydrogen-bond donors (Lipinski definition) is 1. The van der Waals surface area contributed by atoms with Crippen molar-refractivity contribution in [2.24, 2.45) is 0 Å². The average Bonchev–Trinajstić information content (AvgIpc) is 3.09. The minimum atomic E-state index is 0.212. The third-order valence-corrected chi connectivity index (χ3v) is 4.00. The number of aromatic nitrogens is 2. The molecule has 0 amide bonds. The minimum absolute atomic E-state index is 0.212. The molecule has 1 atom stereocenters. The summed E-state index contributed by atoms with van der Waals surface area (Å²) in [5, 5.41) is 0. The van der Waals surface area contributed by atoms with Gasteiger partial charge in [-0.15, -0.1) is 0 Å². The number of hydrogen-bond acceptors (Lipinski definition) is 2. The number of aromatic amines is 1. The van der Waals surface area contributed by atoms with Crippen molar-refractivity contribution in [2.45, 2.75) is 19.3 Å². The van der Waals surface area contributed by atoms with Crippen LogP contribution in [-0.4, -0.2) is 16.6 Å². The summed E-state index contributed by atoms with van der Waals surface area (Å²) >= 11 is 0. The fraction of sp³-hybridized carbons (Fsp3) is 0.235. The van der Waals surface area contributed by atoms with Gasteiger partial charge in [0.15, 0.2) is 0 Å². The van der Waals surface area contributed by atoms with Crippen LogP contribution in [-0.2, 0) is 6.42 Å². The Balaban J connectivity index is 1.80. The number of H-pyrrole nitrogens is 1. The summed E-state index contributed by atoms with van der Waals surface area (Å²) in [6.07, 6.45) is 1.04. The molecule has 3 aromatic rings. The van der Waals surface area contributed by atoms with E-state index in [0.29, 0.717) is 6.61 Å². The van der Waals surface area contributed by atoms with Gasteiger partial charge in [0.1, 0.15) is 18.2 Å². The Hall–Kier alpha value is -2.29. The second kappa shape index (κ2) is 4.37. The molecule has 0 saturated heterocycles. The molecule has 0 fully saturated rings. The molecule has 1 aliphatic rings. The lowest BCUT2D eigenvalue weighted by Gasteiger charge is -2.03. The zero-order valence-corrected chi connectivity index (χ0v) is 11.4. The van der Waals surface area contributed by atoms with Gasteiger partial charge in [0.25, 0.3) is 0 Å². The second-order valence-electron chi connectivity index (χ2n) is 5.23. The molecule has 1 N–H and O–H groups in total. The number of imidazole rings is 1. The van der Waals surface area contributed by atoms with Crippen molar-refractivity contribution in [3.63, 3.8) is 0 Å². The van der Waals surface area contributed by atoms with Crippen molar-refractivity contribution in [1.82, 2.24) is 9.97 Å². The Labute approximate surface area is 117 Å². The zero-order chi connectivity index (χ0) is 13.5. The summed E-state index contributed by atoms with van der Waals surface area (Å²) in [6, 6.07) is 14.6. The van der Waals surface area contributed by atoms with Crippen molar-refractivity contribution in [3.8, 4) is 5.75 Å². The fourth-order valence-corrected chi connectivity index (χ4v) is 2.85. The minimum Gasteiger partial charge on any atom is -0.492 e. The molecular formula is C17H16N2O. The Kier molecular flexibility index (Phi) is 2.52.